The Labute approximate surface area is 182 Å². The van der Waals surface area contributed by atoms with Crippen LogP contribution >= 0.6 is 23.2 Å². The van der Waals surface area contributed by atoms with Gasteiger partial charge in [-0.05, 0) is 56.0 Å². The molecule has 1 heterocycles. The normalized spacial score (nSPS) is 16.0. The van der Waals surface area contributed by atoms with E-state index in [2.05, 4.69) is 11.4 Å². The van der Waals surface area contributed by atoms with Crippen LogP contribution in [0.4, 0.5) is 0 Å². The molecular weight excluding hydrogens is 431 g/mol. The molecule has 1 amide bonds. The number of nitrogens with one attached hydrogen (secondary N) is 1. The molecule has 0 bridgehead atoms. The molecule has 5 nitrogen and oxygen atoms in total. The molecule has 0 aromatic heterocycles. The molecule has 2 aromatic rings. The fourth-order valence-corrected chi connectivity index (χ4v) is 5.75. The predicted molar refractivity (Wildman–Crippen MR) is 116 cm³/mol. The number of hydrogen-bond acceptors (Lipinski definition) is 3. The molecule has 156 valence electrons. The molecule has 0 unspecified atom stereocenters. The van der Waals surface area contributed by atoms with E-state index >= 15 is 0 Å². The van der Waals surface area contributed by atoms with Crippen LogP contribution in [-0.2, 0) is 21.4 Å². The molecule has 1 aliphatic heterocycles. The number of aryl methyl sites for hydroxylation is 2. The van der Waals surface area contributed by atoms with Crippen LogP contribution in [0.5, 0.6) is 0 Å². The highest BCUT2D eigenvalue weighted by Gasteiger charge is 2.33. The van der Waals surface area contributed by atoms with Crippen molar-refractivity contribution in [1.82, 2.24) is 9.62 Å². The van der Waals surface area contributed by atoms with E-state index in [1.54, 1.807) is 6.07 Å². The Morgan fingerprint density at radius 1 is 1.10 bits per heavy atom. The van der Waals surface area contributed by atoms with Crippen LogP contribution in [0.25, 0.3) is 0 Å². The highest BCUT2D eigenvalue weighted by molar-refractivity contribution is 7.89. The SMILES string of the molecule is Cc1ccc(CNC(=O)C2CCN(S(=O)(=O)c3cc(Cl)ccc3Cl)CC2)c(C)c1. The van der Waals surface area contributed by atoms with E-state index in [0.29, 0.717) is 24.4 Å². The van der Waals surface area contributed by atoms with Crippen LogP contribution in [0.3, 0.4) is 0 Å². The first kappa shape index (κ1) is 22.1. The summed E-state index contributed by atoms with van der Waals surface area (Å²) in [6.07, 6.45) is 0.937. The highest BCUT2D eigenvalue weighted by Crippen LogP contribution is 2.30. The minimum atomic E-state index is -3.74. The van der Waals surface area contributed by atoms with Crippen molar-refractivity contribution in [3.05, 3.63) is 63.1 Å². The molecule has 0 aliphatic carbocycles. The molecule has 29 heavy (non-hydrogen) atoms. The van der Waals surface area contributed by atoms with Crippen LogP contribution < -0.4 is 5.32 Å². The Kier molecular flexibility index (Phi) is 6.89. The van der Waals surface area contributed by atoms with E-state index in [4.69, 9.17) is 23.2 Å². The number of rotatable bonds is 5. The molecule has 1 fully saturated rings. The second-order valence-corrected chi connectivity index (χ2v) is 10.2. The molecular formula is C21H24Cl2N2O3S. The largest absolute Gasteiger partial charge is 0.352 e. The van der Waals surface area contributed by atoms with Crippen molar-refractivity contribution in [3.8, 4) is 0 Å². The van der Waals surface area contributed by atoms with Gasteiger partial charge in [-0.1, -0.05) is 47.0 Å². The van der Waals surface area contributed by atoms with Gasteiger partial charge in [-0.3, -0.25) is 4.79 Å². The predicted octanol–water partition coefficient (Wildman–Crippen LogP) is 4.33. The molecule has 0 saturated carbocycles. The number of halogens is 2. The van der Waals surface area contributed by atoms with Gasteiger partial charge in [0.25, 0.3) is 0 Å². The summed E-state index contributed by atoms with van der Waals surface area (Å²) in [6.45, 7) is 5.08. The van der Waals surface area contributed by atoms with Crippen molar-refractivity contribution in [2.24, 2.45) is 5.92 Å². The Morgan fingerprint density at radius 3 is 2.45 bits per heavy atom. The Bertz CT molecular complexity index is 1020. The van der Waals surface area contributed by atoms with Gasteiger partial charge in [-0.15, -0.1) is 0 Å². The van der Waals surface area contributed by atoms with Gasteiger partial charge in [-0.2, -0.15) is 4.31 Å². The highest BCUT2D eigenvalue weighted by atomic mass is 35.5. The Morgan fingerprint density at radius 2 is 1.79 bits per heavy atom. The van der Waals surface area contributed by atoms with E-state index in [0.717, 1.165) is 11.1 Å². The van der Waals surface area contributed by atoms with Gasteiger partial charge in [-0.25, -0.2) is 8.42 Å². The van der Waals surface area contributed by atoms with Crippen LogP contribution in [0.15, 0.2) is 41.3 Å². The lowest BCUT2D eigenvalue weighted by atomic mass is 9.97. The first-order valence-corrected chi connectivity index (χ1v) is 11.7. The van der Waals surface area contributed by atoms with Gasteiger partial charge in [0.15, 0.2) is 0 Å². The summed E-state index contributed by atoms with van der Waals surface area (Å²) in [5.41, 5.74) is 3.41. The molecule has 0 spiro atoms. The number of nitrogens with zero attached hydrogens (tertiary/aromatic N) is 1. The number of piperidine rings is 1. The van der Waals surface area contributed by atoms with E-state index in [1.807, 2.05) is 26.0 Å². The van der Waals surface area contributed by atoms with E-state index in [1.165, 1.54) is 22.0 Å². The third kappa shape index (κ3) is 5.12. The summed E-state index contributed by atoms with van der Waals surface area (Å²) >= 11 is 12.0. The lowest BCUT2D eigenvalue weighted by Gasteiger charge is -2.30. The van der Waals surface area contributed by atoms with Crippen molar-refractivity contribution in [1.29, 1.82) is 0 Å². The summed E-state index contributed by atoms with van der Waals surface area (Å²) in [6, 6.07) is 10.5. The average molecular weight is 455 g/mol. The molecule has 8 heteroatoms. The van der Waals surface area contributed by atoms with Gasteiger partial charge in [0.2, 0.25) is 15.9 Å². The molecule has 0 radical (unpaired) electrons. The zero-order valence-electron chi connectivity index (χ0n) is 16.4. The third-order valence-corrected chi connectivity index (χ3v) is 7.90. The number of carbonyl (C=O) groups excluding carboxylic acids is 1. The van der Waals surface area contributed by atoms with Crippen molar-refractivity contribution >= 4 is 39.1 Å². The molecule has 2 aromatic carbocycles. The summed E-state index contributed by atoms with van der Waals surface area (Å²) in [7, 11) is -3.74. The van der Waals surface area contributed by atoms with Gasteiger partial charge < -0.3 is 5.32 Å². The molecule has 0 atom stereocenters. The maximum Gasteiger partial charge on any atom is 0.244 e. The third-order valence-electron chi connectivity index (χ3n) is 5.29. The fraction of sp³-hybridized carbons (Fsp3) is 0.381. The monoisotopic (exact) mass is 454 g/mol. The van der Waals surface area contributed by atoms with Gasteiger partial charge in [0.1, 0.15) is 4.90 Å². The number of sulfonamides is 1. The first-order valence-electron chi connectivity index (χ1n) is 9.47. The lowest BCUT2D eigenvalue weighted by Crippen LogP contribution is -2.43. The average Bonchev–Trinajstić information content (AvgIpc) is 2.69. The summed E-state index contributed by atoms with van der Waals surface area (Å²) in [5, 5.41) is 3.44. The lowest BCUT2D eigenvalue weighted by molar-refractivity contribution is -0.126. The second-order valence-electron chi connectivity index (χ2n) is 7.40. The number of benzene rings is 2. The van der Waals surface area contributed by atoms with E-state index < -0.39 is 10.0 Å². The van der Waals surface area contributed by atoms with Gasteiger partial charge in [0, 0.05) is 30.6 Å². The van der Waals surface area contributed by atoms with Crippen LogP contribution in [-0.4, -0.2) is 31.7 Å². The van der Waals surface area contributed by atoms with Gasteiger partial charge in [0.05, 0.1) is 5.02 Å². The Balaban J connectivity index is 1.59. The first-order chi connectivity index (χ1) is 13.7. The van der Waals surface area contributed by atoms with Gasteiger partial charge >= 0.3 is 0 Å². The van der Waals surface area contributed by atoms with Crippen LogP contribution in [0.1, 0.15) is 29.5 Å². The standard InChI is InChI=1S/C21H24Cl2N2O3S/c1-14-3-4-17(15(2)11-14)13-24-21(26)16-7-9-25(10-8-16)29(27,28)20-12-18(22)5-6-19(20)23/h3-6,11-12,16H,7-10,13H2,1-2H3,(H,24,26). The van der Waals surface area contributed by atoms with Crippen molar-refractivity contribution in [3.63, 3.8) is 0 Å². The summed E-state index contributed by atoms with van der Waals surface area (Å²) in [4.78, 5) is 12.6. The summed E-state index contributed by atoms with van der Waals surface area (Å²) < 4.78 is 27.2. The molecule has 1 aliphatic rings. The number of amides is 1. The topological polar surface area (TPSA) is 66.5 Å². The van der Waals surface area contributed by atoms with Crippen molar-refractivity contribution in [2.45, 2.75) is 38.1 Å². The minimum absolute atomic E-state index is 0.00409. The zero-order chi connectivity index (χ0) is 21.2. The number of carbonyl (C=O) groups is 1. The second kappa shape index (κ2) is 9.04. The van der Waals surface area contributed by atoms with E-state index in [9.17, 15) is 13.2 Å². The van der Waals surface area contributed by atoms with Crippen molar-refractivity contribution in [2.75, 3.05) is 13.1 Å². The minimum Gasteiger partial charge on any atom is -0.352 e. The number of hydrogen-bond donors (Lipinski definition) is 1. The van der Waals surface area contributed by atoms with E-state index in [-0.39, 0.29) is 34.8 Å². The maximum atomic E-state index is 12.9. The van der Waals surface area contributed by atoms with Crippen LogP contribution in [0.2, 0.25) is 10.0 Å². The summed E-state index contributed by atoms with van der Waals surface area (Å²) in [5.74, 6) is -0.246. The fourth-order valence-electron chi connectivity index (χ4n) is 3.54. The van der Waals surface area contributed by atoms with Crippen molar-refractivity contribution < 1.29 is 13.2 Å². The molecule has 1 saturated heterocycles. The quantitative estimate of drug-likeness (QED) is 0.730. The smallest absolute Gasteiger partial charge is 0.244 e. The zero-order valence-corrected chi connectivity index (χ0v) is 18.7. The maximum absolute atomic E-state index is 12.9. The molecule has 1 N–H and O–H groups in total. The molecule has 3 rings (SSSR count). The van der Waals surface area contributed by atoms with Crippen LogP contribution in [0, 0.1) is 19.8 Å². The Hall–Kier alpha value is -1.60.